The molecular formula is C14H19BrN2O3. The van der Waals surface area contributed by atoms with Crippen molar-refractivity contribution in [2.45, 2.75) is 37.8 Å². The Morgan fingerprint density at radius 3 is 2.70 bits per heavy atom. The molecule has 0 atom stereocenters. The largest absolute Gasteiger partial charge is 0.389 e. The van der Waals surface area contributed by atoms with Crippen LogP contribution in [0.25, 0.3) is 0 Å². The molecule has 20 heavy (non-hydrogen) atoms. The molecule has 0 amide bonds. The smallest absolute Gasteiger partial charge is 0.283 e. The number of rotatable bonds is 5. The van der Waals surface area contributed by atoms with E-state index in [1.165, 1.54) is 6.07 Å². The zero-order valence-electron chi connectivity index (χ0n) is 11.5. The molecule has 6 heteroatoms. The Hall–Kier alpha value is -0.980. The van der Waals surface area contributed by atoms with Crippen molar-refractivity contribution < 1.29 is 10.0 Å². The van der Waals surface area contributed by atoms with E-state index in [2.05, 4.69) is 15.9 Å². The fourth-order valence-electron chi connectivity index (χ4n) is 2.87. The van der Waals surface area contributed by atoms with Gasteiger partial charge in [0, 0.05) is 19.2 Å². The van der Waals surface area contributed by atoms with Crippen molar-refractivity contribution in [3.05, 3.63) is 38.3 Å². The van der Waals surface area contributed by atoms with Crippen molar-refractivity contribution in [1.82, 2.24) is 4.90 Å². The fourth-order valence-corrected chi connectivity index (χ4v) is 3.40. The lowest BCUT2D eigenvalue weighted by molar-refractivity contribution is -0.385. The van der Waals surface area contributed by atoms with Gasteiger partial charge in [0.1, 0.15) is 0 Å². The summed E-state index contributed by atoms with van der Waals surface area (Å²) in [6, 6.07) is 5.04. The predicted molar refractivity (Wildman–Crippen MR) is 80.5 cm³/mol. The van der Waals surface area contributed by atoms with Crippen LogP contribution in [0, 0.1) is 10.1 Å². The van der Waals surface area contributed by atoms with E-state index < -0.39 is 10.5 Å². The molecule has 1 fully saturated rings. The van der Waals surface area contributed by atoms with Crippen LogP contribution < -0.4 is 0 Å². The minimum atomic E-state index is -0.595. The summed E-state index contributed by atoms with van der Waals surface area (Å²) < 4.78 is 0.523. The molecule has 1 aromatic carbocycles. The van der Waals surface area contributed by atoms with Crippen LogP contribution in [-0.2, 0) is 6.54 Å². The van der Waals surface area contributed by atoms with Crippen molar-refractivity contribution in [1.29, 1.82) is 0 Å². The topological polar surface area (TPSA) is 66.6 Å². The summed E-state index contributed by atoms with van der Waals surface area (Å²) in [5.74, 6) is 0. The highest BCUT2D eigenvalue weighted by Crippen LogP contribution is 2.32. The number of hydrogen-bond donors (Lipinski definition) is 1. The summed E-state index contributed by atoms with van der Waals surface area (Å²) in [6.45, 7) is 1.17. The normalized spacial score (nSPS) is 17.6. The van der Waals surface area contributed by atoms with E-state index in [9.17, 15) is 15.2 Å². The van der Waals surface area contributed by atoms with Crippen LogP contribution in [0.3, 0.4) is 0 Å². The molecule has 1 aliphatic carbocycles. The number of nitro groups is 1. The van der Waals surface area contributed by atoms with Gasteiger partial charge in [-0.1, -0.05) is 25.0 Å². The second kappa shape index (κ2) is 6.20. The molecule has 0 heterocycles. The minimum Gasteiger partial charge on any atom is -0.389 e. The zero-order valence-corrected chi connectivity index (χ0v) is 13.1. The number of hydrogen-bond acceptors (Lipinski definition) is 4. The maximum absolute atomic E-state index is 10.9. The van der Waals surface area contributed by atoms with Gasteiger partial charge in [0.05, 0.1) is 15.0 Å². The van der Waals surface area contributed by atoms with Crippen LogP contribution in [0.15, 0.2) is 22.7 Å². The van der Waals surface area contributed by atoms with E-state index in [4.69, 9.17) is 0 Å². The molecule has 110 valence electrons. The van der Waals surface area contributed by atoms with E-state index in [0.29, 0.717) is 17.6 Å². The van der Waals surface area contributed by atoms with Crippen molar-refractivity contribution in [3.8, 4) is 0 Å². The third kappa shape index (κ3) is 3.56. The third-order valence-corrected chi connectivity index (χ3v) is 4.71. The molecule has 0 aromatic heterocycles. The van der Waals surface area contributed by atoms with E-state index in [-0.39, 0.29) is 5.69 Å². The van der Waals surface area contributed by atoms with E-state index in [1.807, 2.05) is 18.0 Å². The molecule has 1 saturated carbocycles. The first kappa shape index (κ1) is 15.4. The molecule has 5 nitrogen and oxygen atoms in total. The Bertz CT molecular complexity index is 501. The van der Waals surface area contributed by atoms with E-state index in [1.54, 1.807) is 6.07 Å². The lowest BCUT2D eigenvalue weighted by Crippen LogP contribution is -2.38. The Labute approximate surface area is 126 Å². The van der Waals surface area contributed by atoms with Crippen LogP contribution in [0.1, 0.15) is 31.2 Å². The molecule has 1 aliphatic rings. The number of aliphatic hydroxyl groups is 1. The number of nitro benzene ring substituents is 1. The number of halogens is 1. The van der Waals surface area contributed by atoms with Gasteiger partial charge in [0.25, 0.3) is 5.69 Å². The first-order valence-electron chi connectivity index (χ1n) is 6.74. The van der Waals surface area contributed by atoms with Gasteiger partial charge in [-0.3, -0.25) is 15.0 Å². The van der Waals surface area contributed by atoms with Crippen molar-refractivity contribution in [3.63, 3.8) is 0 Å². The van der Waals surface area contributed by atoms with Crippen molar-refractivity contribution in [2.75, 3.05) is 13.6 Å². The molecule has 1 aromatic rings. The number of nitrogens with zero attached hydrogens (tertiary/aromatic N) is 2. The van der Waals surface area contributed by atoms with Crippen LogP contribution >= 0.6 is 15.9 Å². The molecule has 0 saturated heterocycles. The van der Waals surface area contributed by atoms with Gasteiger partial charge in [-0.15, -0.1) is 0 Å². The van der Waals surface area contributed by atoms with E-state index >= 15 is 0 Å². The molecule has 1 N–H and O–H groups in total. The third-order valence-electron chi connectivity index (χ3n) is 3.79. The first-order chi connectivity index (χ1) is 9.41. The monoisotopic (exact) mass is 342 g/mol. The quantitative estimate of drug-likeness (QED) is 0.659. The van der Waals surface area contributed by atoms with Gasteiger partial charge in [-0.05, 0) is 41.4 Å². The second-order valence-electron chi connectivity index (χ2n) is 5.61. The second-order valence-corrected chi connectivity index (χ2v) is 6.40. The Kier molecular flexibility index (Phi) is 4.78. The van der Waals surface area contributed by atoms with Crippen LogP contribution in [0.4, 0.5) is 5.69 Å². The van der Waals surface area contributed by atoms with Gasteiger partial charge in [-0.2, -0.15) is 0 Å². The lowest BCUT2D eigenvalue weighted by atomic mass is 10.0. The molecule has 0 spiro atoms. The SMILES string of the molecule is CN(Cc1cccc([N+](=O)[O-])c1Br)CC1(O)CCCC1. The summed E-state index contributed by atoms with van der Waals surface area (Å²) in [5, 5.41) is 21.3. The standard InChI is InChI=1S/C14H19BrN2O3/c1-16(10-14(18)7-2-3-8-14)9-11-5-4-6-12(13(11)15)17(19)20/h4-6,18H,2-3,7-10H2,1H3. The fraction of sp³-hybridized carbons (Fsp3) is 0.571. The maximum Gasteiger partial charge on any atom is 0.283 e. The minimum absolute atomic E-state index is 0.0791. The van der Waals surface area contributed by atoms with Gasteiger partial charge >= 0.3 is 0 Å². The summed E-state index contributed by atoms with van der Waals surface area (Å²) in [6.07, 6.45) is 3.83. The summed E-state index contributed by atoms with van der Waals surface area (Å²) in [4.78, 5) is 12.5. The van der Waals surface area contributed by atoms with Gasteiger partial charge < -0.3 is 5.11 Å². The summed E-state index contributed by atoms with van der Waals surface area (Å²) in [5.41, 5.74) is 0.348. The van der Waals surface area contributed by atoms with Gasteiger partial charge in [0.15, 0.2) is 0 Å². The Balaban J connectivity index is 2.06. The maximum atomic E-state index is 10.9. The first-order valence-corrected chi connectivity index (χ1v) is 7.53. The van der Waals surface area contributed by atoms with Gasteiger partial charge in [-0.25, -0.2) is 0 Å². The van der Waals surface area contributed by atoms with Gasteiger partial charge in [0.2, 0.25) is 0 Å². The van der Waals surface area contributed by atoms with Crippen LogP contribution in [0.5, 0.6) is 0 Å². The molecular weight excluding hydrogens is 324 g/mol. The average molecular weight is 343 g/mol. The highest BCUT2D eigenvalue weighted by molar-refractivity contribution is 9.10. The predicted octanol–water partition coefficient (Wildman–Crippen LogP) is 3.09. The highest BCUT2D eigenvalue weighted by Gasteiger charge is 2.32. The van der Waals surface area contributed by atoms with E-state index in [0.717, 1.165) is 31.2 Å². The Morgan fingerprint density at radius 2 is 2.10 bits per heavy atom. The van der Waals surface area contributed by atoms with Crippen molar-refractivity contribution >= 4 is 21.6 Å². The lowest BCUT2D eigenvalue weighted by Gasteiger charge is -2.28. The number of likely N-dealkylation sites (N-methyl/N-ethyl adjacent to an activating group) is 1. The summed E-state index contributed by atoms with van der Waals surface area (Å²) >= 11 is 3.31. The molecule has 2 rings (SSSR count). The number of benzene rings is 1. The molecule has 0 radical (unpaired) electrons. The zero-order chi connectivity index (χ0) is 14.8. The molecule has 0 aliphatic heterocycles. The molecule has 0 bridgehead atoms. The summed E-state index contributed by atoms with van der Waals surface area (Å²) in [7, 11) is 1.93. The van der Waals surface area contributed by atoms with Crippen LogP contribution in [-0.4, -0.2) is 34.1 Å². The average Bonchev–Trinajstić information content (AvgIpc) is 2.77. The Morgan fingerprint density at radius 1 is 1.45 bits per heavy atom. The van der Waals surface area contributed by atoms with Crippen LogP contribution in [0.2, 0.25) is 0 Å². The molecule has 0 unspecified atom stereocenters. The van der Waals surface area contributed by atoms with Crippen molar-refractivity contribution in [2.24, 2.45) is 0 Å². The highest BCUT2D eigenvalue weighted by atomic mass is 79.9.